The number of unbranched alkanes of at least 4 members (excludes halogenated alkanes) is 2. The zero-order valence-electron chi connectivity index (χ0n) is 10.4. The van der Waals surface area contributed by atoms with Crippen molar-refractivity contribution in [3.05, 3.63) is 0 Å². The second-order valence-electron chi connectivity index (χ2n) is 4.13. The number of nitrogens with zero attached hydrogens (tertiary/aromatic N) is 1. The van der Waals surface area contributed by atoms with E-state index in [2.05, 4.69) is 17.4 Å². The van der Waals surface area contributed by atoms with E-state index in [0.29, 0.717) is 13.0 Å². The minimum Gasteiger partial charge on any atom is -0.409 e. The van der Waals surface area contributed by atoms with Crippen LogP contribution in [0.3, 0.4) is 0 Å². The standard InChI is InChI=1S/C11H23N3O2/c1-4-6-7-8-13-10(15)11(3,5-2)9(12)14-16/h16H,4-8H2,1-3H3,(H2,12,14)(H,13,15). The van der Waals surface area contributed by atoms with E-state index in [0.717, 1.165) is 19.3 Å². The van der Waals surface area contributed by atoms with Crippen molar-refractivity contribution in [3.63, 3.8) is 0 Å². The Morgan fingerprint density at radius 2 is 2.06 bits per heavy atom. The summed E-state index contributed by atoms with van der Waals surface area (Å²) in [5, 5.41) is 14.4. The van der Waals surface area contributed by atoms with E-state index in [1.54, 1.807) is 6.92 Å². The Morgan fingerprint density at radius 3 is 2.50 bits per heavy atom. The lowest BCUT2D eigenvalue weighted by Gasteiger charge is -2.25. The molecule has 0 radical (unpaired) electrons. The fraction of sp³-hybridized carbons (Fsp3) is 0.818. The van der Waals surface area contributed by atoms with Crippen molar-refractivity contribution < 1.29 is 10.0 Å². The molecule has 0 saturated carbocycles. The van der Waals surface area contributed by atoms with Crippen LogP contribution in [0.5, 0.6) is 0 Å². The number of nitrogens with two attached hydrogens (primary N) is 1. The van der Waals surface area contributed by atoms with Crippen molar-refractivity contribution in [2.24, 2.45) is 16.3 Å². The number of hydrogen-bond acceptors (Lipinski definition) is 3. The average molecular weight is 229 g/mol. The van der Waals surface area contributed by atoms with Gasteiger partial charge in [-0.2, -0.15) is 0 Å². The minimum atomic E-state index is -0.916. The maximum absolute atomic E-state index is 11.9. The highest BCUT2D eigenvalue weighted by Crippen LogP contribution is 2.21. The van der Waals surface area contributed by atoms with Gasteiger partial charge in [0.15, 0.2) is 5.84 Å². The zero-order valence-corrected chi connectivity index (χ0v) is 10.4. The van der Waals surface area contributed by atoms with Gasteiger partial charge in [0.1, 0.15) is 5.41 Å². The third-order valence-electron chi connectivity index (χ3n) is 2.95. The molecule has 1 amide bonds. The molecule has 0 fully saturated rings. The van der Waals surface area contributed by atoms with Crippen LogP contribution in [0, 0.1) is 5.41 Å². The molecule has 0 aromatic heterocycles. The minimum absolute atomic E-state index is 0.0389. The van der Waals surface area contributed by atoms with E-state index < -0.39 is 5.41 Å². The van der Waals surface area contributed by atoms with Crippen LogP contribution in [0.1, 0.15) is 46.5 Å². The molecule has 5 heteroatoms. The van der Waals surface area contributed by atoms with Gasteiger partial charge in [-0.05, 0) is 19.8 Å². The highest BCUT2D eigenvalue weighted by atomic mass is 16.4. The first kappa shape index (κ1) is 14.7. The van der Waals surface area contributed by atoms with Gasteiger partial charge in [-0.1, -0.05) is 31.8 Å². The smallest absolute Gasteiger partial charge is 0.233 e. The van der Waals surface area contributed by atoms with E-state index >= 15 is 0 Å². The van der Waals surface area contributed by atoms with Gasteiger partial charge in [-0.25, -0.2) is 0 Å². The van der Waals surface area contributed by atoms with Crippen LogP contribution >= 0.6 is 0 Å². The first-order chi connectivity index (χ1) is 7.52. The zero-order chi connectivity index (χ0) is 12.6. The van der Waals surface area contributed by atoms with Crippen LogP contribution < -0.4 is 11.1 Å². The lowest BCUT2D eigenvalue weighted by molar-refractivity contribution is -0.127. The molecule has 0 rings (SSSR count). The van der Waals surface area contributed by atoms with Gasteiger partial charge in [-0.15, -0.1) is 0 Å². The van der Waals surface area contributed by atoms with Crippen LogP contribution in [-0.2, 0) is 4.79 Å². The number of oxime groups is 1. The molecule has 0 aromatic rings. The molecule has 4 N–H and O–H groups in total. The lowest BCUT2D eigenvalue weighted by atomic mass is 9.85. The Kier molecular flexibility index (Phi) is 6.53. The number of carbonyl (C=O) groups excluding carboxylic acids is 1. The molecule has 5 nitrogen and oxygen atoms in total. The van der Waals surface area contributed by atoms with Gasteiger partial charge in [-0.3, -0.25) is 4.79 Å². The monoisotopic (exact) mass is 229 g/mol. The van der Waals surface area contributed by atoms with E-state index in [4.69, 9.17) is 10.9 Å². The molecule has 1 atom stereocenters. The van der Waals surface area contributed by atoms with E-state index in [1.165, 1.54) is 0 Å². The molecule has 94 valence electrons. The summed E-state index contributed by atoms with van der Waals surface area (Å²) in [6.07, 6.45) is 3.66. The normalized spacial score (nSPS) is 15.6. The maximum Gasteiger partial charge on any atom is 0.233 e. The van der Waals surface area contributed by atoms with Crippen LogP contribution in [0.15, 0.2) is 5.16 Å². The summed E-state index contributed by atoms with van der Waals surface area (Å²) < 4.78 is 0. The average Bonchev–Trinajstić information content (AvgIpc) is 2.32. The number of nitrogens with one attached hydrogen (secondary N) is 1. The SMILES string of the molecule is CCCCCNC(=O)C(C)(CC)C(N)=NO. The van der Waals surface area contributed by atoms with Gasteiger partial charge in [0.05, 0.1) is 0 Å². The Balaban J connectivity index is 4.32. The maximum atomic E-state index is 11.9. The summed E-state index contributed by atoms with van der Waals surface area (Å²) in [7, 11) is 0. The highest BCUT2D eigenvalue weighted by molar-refractivity contribution is 6.06. The Labute approximate surface area is 97.1 Å². The van der Waals surface area contributed by atoms with Crippen molar-refractivity contribution in [1.29, 1.82) is 0 Å². The molecule has 1 unspecified atom stereocenters. The first-order valence-electron chi connectivity index (χ1n) is 5.79. The first-order valence-corrected chi connectivity index (χ1v) is 5.79. The second kappa shape index (κ2) is 7.09. The number of amidine groups is 1. The molecule has 0 aliphatic carbocycles. The molecular formula is C11H23N3O2. The Bertz CT molecular complexity index is 254. The van der Waals surface area contributed by atoms with E-state index in [1.807, 2.05) is 6.92 Å². The van der Waals surface area contributed by atoms with Gasteiger partial charge < -0.3 is 16.3 Å². The summed E-state index contributed by atoms with van der Waals surface area (Å²) in [5.41, 5.74) is 4.62. The van der Waals surface area contributed by atoms with Crippen molar-refractivity contribution in [2.45, 2.75) is 46.5 Å². The predicted octanol–water partition coefficient (Wildman–Crippen LogP) is 1.46. The number of amides is 1. The van der Waals surface area contributed by atoms with E-state index in [-0.39, 0.29) is 11.7 Å². The molecule has 0 aromatic carbocycles. The fourth-order valence-electron chi connectivity index (χ4n) is 1.34. The molecule has 0 aliphatic rings. The van der Waals surface area contributed by atoms with Gasteiger partial charge in [0, 0.05) is 6.54 Å². The quantitative estimate of drug-likeness (QED) is 0.203. The third-order valence-corrected chi connectivity index (χ3v) is 2.95. The topological polar surface area (TPSA) is 87.7 Å². The Morgan fingerprint density at radius 1 is 1.44 bits per heavy atom. The highest BCUT2D eigenvalue weighted by Gasteiger charge is 2.35. The third kappa shape index (κ3) is 3.72. The fourth-order valence-corrected chi connectivity index (χ4v) is 1.34. The van der Waals surface area contributed by atoms with Gasteiger partial charge in [0.25, 0.3) is 0 Å². The van der Waals surface area contributed by atoms with Crippen LogP contribution in [0.4, 0.5) is 0 Å². The molecule has 0 saturated heterocycles. The molecule has 0 bridgehead atoms. The van der Waals surface area contributed by atoms with Crippen LogP contribution in [0.25, 0.3) is 0 Å². The van der Waals surface area contributed by atoms with Crippen molar-refractivity contribution in [3.8, 4) is 0 Å². The van der Waals surface area contributed by atoms with Crippen molar-refractivity contribution in [2.75, 3.05) is 6.54 Å². The molecule has 0 aliphatic heterocycles. The van der Waals surface area contributed by atoms with E-state index in [9.17, 15) is 4.79 Å². The molecule has 0 heterocycles. The van der Waals surface area contributed by atoms with Crippen molar-refractivity contribution in [1.82, 2.24) is 5.32 Å². The number of hydrogen-bond donors (Lipinski definition) is 3. The molecule has 0 spiro atoms. The largest absolute Gasteiger partial charge is 0.409 e. The van der Waals surface area contributed by atoms with Crippen molar-refractivity contribution >= 4 is 11.7 Å². The summed E-state index contributed by atoms with van der Waals surface area (Å²) in [5.74, 6) is -0.218. The summed E-state index contributed by atoms with van der Waals surface area (Å²) in [6.45, 7) is 6.26. The number of rotatable bonds is 7. The van der Waals surface area contributed by atoms with Crippen LogP contribution in [-0.4, -0.2) is 23.5 Å². The summed E-state index contributed by atoms with van der Waals surface area (Å²) >= 11 is 0. The number of carbonyl (C=O) groups is 1. The van der Waals surface area contributed by atoms with Gasteiger partial charge in [0.2, 0.25) is 5.91 Å². The molecular weight excluding hydrogens is 206 g/mol. The second-order valence-corrected chi connectivity index (χ2v) is 4.13. The Hall–Kier alpha value is -1.26. The van der Waals surface area contributed by atoms with Crippen LogP contribution in [0.2, 0.25) is 0 Å². The lowest BCUT2D eigenvalue weighted by Crippen LogP contribution is -2.47. The summed E-state index contributed by atoms with van der Waals surface area (Å²) in [6, 6.07) is 0. The predicted molar refractivity (Wildman–Crippen MR) is 64.3 cm³/mol. The van der Waals surface area contributed by atoms with Gasteiger partial charge >= 0.3 is 0 Å². The summed E-state index contributed by atoms with van der Waals surface area (Å²) in [4.78, 5) is 11.9. The molecule has 16 heavy (non-hydrogen) atoms.